The summed E-state index contributed by atoms with van der Waals surface area (Å²) >= 11 is 0. The van der Waals surface area contributed by atoms with Gasteiger partial charge in [0.2, 0.25) is 0 Å². The van der Waals surface area contributed by atoms with Gasteiger partial charge in [-0.3, -0.25) is 0 Å². The first-order chi connectivity index (χ1) is 6.41. The third-order valence-electron chi connectivity index (χ3n) is 1.28. The fourth-order valence-electron chi connectivity index (χ4n) is 0.656. The van der Waals surface area contributed by atoms with Gasteiger partial charge in [0.05, 0.1) is 12.5 Å². The van der Waals surface area contributed by atoms with Crippen LogP contribution in [0.4, 0.5) is 0 Å². The zero-order valence-corrected chi connectivity index (χ0v) is 8.44. The van der Waals surface area contributed by atoms with Gasteiger partial charge in [0, 0.05) is 0 Å². The van der Waals surface area contributed by atoms with Crippen LogP contribution in [0.5, 0.6) is 0 Å². The van der Waals surface area contributed by atoms with Crippen molar-refractivity contribution in [2.75, 3.05) is 0 Å². The number of rotatable bonds is 6. The van der Waals surface area contributed by atoms with Gasteiger partial charge in [-0.25, -0.2) is 0 Å². The van der Waals surface area contributed by atoms with Crippen molar-refractivity contribution in [3.05, 3.63) is 49.0 Å². The largest absolute Gasteiger partial charge is 0.473 e. The van der Waals surface area contributed by atoms with Crippen molar-refractivity contribution >= 4 is 0 Å². The van der Waals surface area contributed by atoms with E-state index in [-0.39, 0.29) is 0 Å². The van der Waals surface area contributed by atoms with Crippen LogP contribution in [0, 0.1) is 0 Å². The molecule has 0 N–H and O–H groups in total. The van der Waals surface area contributed by atoms with Crippen LogP contribution in [-0.2, 0) is 4.74 Å². The van der Waals surface area contributed by atoms with Crippen LogP contribution in [0.25, 0.3) is 0 Å². The second kappa shape index (κ2) is 10.8. The van der Waals surface area contributed by atoms with E-state index < -0.39 is 0 Å². The highest BCUT2D eigenvalue weighted by molar-refractivity contribution is 5.02. The summed E-state index contributed by atoms with van der Waals surface area (Å²) in [6.45, 7) is 4.20. The predicted octanol–water partition coefficient (Wildman–Crippen LogP) is 3.96. The Morgan fingerprint density at radius 3 is 1.62 bits per heavy atom. The Hall–Kier alpha value is -1.24. The molecule has 0 heterocycles. The molecule has 0 saturated carbocycles. The fourth-order valence-corrected chi connectivity index (χ4v) is 0.656. The Labute approximate surface area is 81.1 Å². The Kier molecular flexibility index (Phi) is 9.73. The molecule has 0 spiro atoms. The maximum Gasteiger partial charge on any atom is 0.0901 e. The molecule has 0 aliphatic rings. The van der Waals surface area contributed by atoms with Gasteiger partial charge in [0.1, 0.15) is 0 Å². The first kappa shape index (κ1) is 11.8. The molecule has 0 rings (SSSR count). The lowest BCUT2D eigenvalue weighted by molar-refractivity contribution is 0.403. The Balaban J connectivity index is 3.43. The van der Waals surface area contributed by atoms with Crippen molar-refractivity contribution in [2.24, 2.45) is 0 Å². The van der Waals surface area contributed by atoms with Crippen molar-refractivity contribution in [2.45, 2.75) is 26.7 Å². The third kappa shape index (κ3) is 10.8. The van der Waals surface area contributed by atoms with Crippen molar-refractivity contribution < 1.29 is 4.74 Å². The predicted molar refractivity (Wildman–Crippen MR) is 58.2 cm³/mol. The minimum Gasteiger partial charge on any atom is -0.473 e. The van der Waals surface area contributed by atoms with E-state index in [0.29, 0.717) is 0 Å². The molecule has 1 nitrogen and oxygen atoms in total. The van der Waals surface area contributed by atoms with Crippen LogP contribution in [0.1, 0.15) is 26.7 Å². The van der Waals surface area contributed by atoms with E-state index in [4.69, 9.17) is 4.74 Å². The molecule has 0 aromatic heterocycles. The van der Waals surface area contributed by atoms with E-state index in [0.717, 1.165) is 12.8 Å². The third-order valence-corrected chi connectivity index (χ3v) is 1.28. The second-order valence-electron chi connectivity index (χ2n) is 2.47. The molecule has 13 heavy (non-hydrogen) atoms. The molecule has 0 atom stereocenters. The van der Waals surface area contributed by atoms with E-state index >= 15 is 0 Å². The van der Waals surface area contributed by atoms with Crippen LogP contribution in [0.15, 0.2) is 49.0 Å². The van der Waals surface area contributed by atoms with E-state index in [9.17, 15) is 0 Å². The molecule has 0 bridgehead atoms. The molecule has 0 radical (unpaired) electrons. The zero-order chi connectivity index (χ0) is 9.78. The Morgan fingerprint density at radius 1 is 0.769 bits per heavy atom. The van der Waals surface area contributed by atoms with Gasteiger partial charge in [0.15, 0.2) is 0 Å². The molecule has 1 heteroatoms. The van der Waals surface area contributed by atoms with Gasteiger partial charge in [-0.1, -0.05) is 38.2 Å². The summed E-state index contributed by atoms with van der Waals surface area (Å²) in [6.07, 6.45) is 17.2. The van der Waals surface area contributed by atoms with E-state index in [1.165, 1.54) is 0 Å². The lowest BCUT2D eigenvalue weighted by Gasteiger charge is -1.85. The molecule has 0 fully saturated rings. The molecule has 0 unspecified atom stereocenters. The van der Waals surface area contributed by atoms with Gasteiger partial charge in [-0.05, 0) is 25.0 Å². The van der Waals surface area contributed by atoms with Crippen molar-refractivity contribution in [3.63, 3.8) is 0 Å². The number of hydrogen-bond donors (Lipinski definition) is 0. The zero-order valence-electron chi connectivity index (χ0n) is 8.44. The summed E-state index contributed by atoms with van der Waals surface area (Å²) < 4.78 is 5.06. The van der Waals surface area contributed by atoms with Gasteiger partial charge >= 0.3 is 0 Å². The second-order valence-corrected chi connectivity index (χ2v) is 2.47. The van der Waals surface area contributed by atoms with E-state index in [1.54, 1.807) is 12.5 Å². The van der Waals surface area contributed by atoms with Crippen molar-refractivity contribution in [1.82, 2.24) is 0 Å². The summed E-state index contributed by atoms with van der Waals surface area (Å²) in [7, 11) is 0. The summed E-state index contributed by atoms with van der Waals surface area (Å²) in [5, 5.41) is 0. The maximum absolute atomic E-state index is 5.06. The van der Waals surface area contributed by atoms with Gasteiger partial charge in [-0.15, -0.1) is 0 Å². The Morgan fingerprint density at radius 2 is 1.23 bits per heavy atom. The Bertz CT molecular complexity index is 175. The van der Waals surface area contributed by atoms with E-state index in [2.05, 4.69) is 26.0 Å². The van der Waals surface area contributed by atoms with Gasteiger partial charge in [0.25, 0.3) is 0 Å². The molecule has 0 amide bonds. The highest BCUT2D eigenvalue weighted by Gasteiger charge is 1.67. The van der Waals surface area contributed by atoms with Crippen molar-refractivity contribution in [1.29, 1.82) is 0 Å². The minimum absolute atomic E-state index is 1.05. The molecule has 0 aromatic rings. The first-order valence-electron chi connectivity index (χ1n) is 4.70. The molecular formula is C12H18O. The highest BCUT2D eigenvalue weighted by atomic mass is 16.5. The van der Waals surface area contributed by atoms with Crippen LogP contribution in [0.3, 0.4) is 0 Å². The van der Waals surface area contributed by atoms with Crippen LogP contribution >= 0.6 is 0 Å². The molecule has 0 aliphatic carbocycles. The number of allylic oxidation sites excluding steroid dienone is 6. The fraction of sp³-hybridized carbons (Fsp3) is 0.333. The summed E-state index contributed by atoms with van der Waals surface area (Å²) in [6, 6.07) is 0. The molecular weight excluding hydrogens is 160 g/mol. The molecule has 0 aliphatic heterocycles. The van der Waals surface area contributed by atoms with Gasteiger partial charge < -0.3 is 4.74 Å². The molecule has 0 saturated heterocycles. The lowest BCUT2D eigenvalue weighted by atomic mass is 10.4. The number of hydrogen-bond acceptors (Lipinski definition) is 1. The van der Waals surface area contributed by atoms with Crippen LogP contribution < -0.4 is 0 Å². The van der Waals surface area contributed by atoms with E-state index in [1.807, 2.05) is 24.3 Å². The molecule has 0 aromatic carbocycles. The molecule has 72 valence electrons. The van der Waals surface area contributed by atoms with Crippen LogP contribution in [-0.4, -0.2) is 0 Å². The van der Waals surface area contributed by atoms with Gasteiger partial charge in [-0.2, -0.15) is 0 Å². The standard InChI is InChI=1S/C12H18O/c1-3-5-7-9-11-13-12-10-8-6-4-2/h5-12H,3-4H2,1-2H3. The van der Waals surface area contributed by atoms with Crippen molar-refractivity contribution in [3.8, 4) is 0 Å². The first-order valence-corrected chi connectivity index (χ1v) is 4.70. The summed E-state index contributed by atoms with van der Waals surface area (Å²) in [5.74, 6) is 0. The summed E-state index contributed by atoms with van der Waals surface area (Å²) in [4.78, 5) is 0. The average Bonchev–Trinajstić information content (AvgIpc) is 2.16. The minimum atomic E-state index is 1.05. The average molecular weight is 178 g/mol. The highest BCUT2D eigenvalue weighted by Crippen LogP contribution is 1.86. The lowest BCUT2D eigenvalue weighted by Crippen LogP contribution is -1.63. The van der Waals surface area contributed by atoms with Crippen LogP contribution in [0.2, 0.25) is 0 Å². The maximum atomic E-state index is 5.06. The monoisotopic (exact) mass is 178 g/mol. The summed E-state index contributed by atoms with van der Waals surface area (Å²) in [5.41, 5.74) is 0. The normalized spacial score (nSPS) is 12.8. The topological polar surface area (TPSA) is 9.23 Å². The quantitative estimate of drug-likeness (QED) is 0.442. The smallest absolute Gasteiger partial charge is 0.0901 e. The number of ether oxygens (including phenoxy) is 1. The SMILES string of the molecule is CCC=CC=COC=CC=CCC.